The first-order chi connectivity index (χ1) is 10.1. The topological polar surface area (TPSA) is 66.0 Å². The van der Waals surface area contributed by atoms with E-state index in [2.05, 4.69) is 22.5 Å². The van der Waals surface area contributed by atoms with Crippen molar-refractivity contribution in [1.29, 1.82) is 0 Å². The number of guanidine groups is 1. The summed E-state index contributed by atoms with van der Waals surface area (Å²) < 4.78 is 5.59. The zero-order valence-corrected chi connectivity index (χ0v) is 13.7. The minimum absolute atomic E-state index is 0.000338. The Balaban J connectivity index is 2.17. The Bertz CT molecular complexity index is 328. The van der Waals surface area contributed by atoms with Crippen molar-refractivity contribution in [1.82, 2.24) is 15.5 Å². The number of hydrogen-bond acceptors (Lipinski definition) is 3. The van der Waals surface area contributed by atoms with Gasteiger partial charge in [0, 0.05) is 40.4 Å². The van der Waals surface area contributed by atoms with Crippen LogP contribution in [0.1, 0.15) is 32.6 Å². The lowest BCUT2D eigenvalue weighted by molar-refractivity contribution is -0.127. The third-order valence-electron chi connectivity index (χ3n) is 3.22. The molecule has 6 nitrogen and oxygen atoms in total. The second kappa shape index (κ2) is 10.4. The van der Waals surface area contributed by atoms with E-state index in [1.807, 2.05) is 0 Å². The van der Waals surface area contributed by atoms with Crippen LogP contribution in [0.4, 0.5) is 0 Å². The van der Waals surface area contributed by atoms with E-state index in [0.717, 1.165) is 45.1 Å². The molecule has 0 spiro atoms. The van der Waals surface area contributed by atoms with E-state index in [1.165, 1.54) is 12.8 Å². The summed E-state index contributed by atoms with van der Waals surface area (Å²) >= 11 is 0. The molecule has 1 aliphatic carbocycles. The van der Waals surface area contributed by atoms with E-state index in [9.17, 15) is 4.79 Å². The molecule has 0 aromatic heterocycles. The van der Waals surface area contributed by atoms with Gasteiger partial charge in [0.25, 0.3) is 0 Å². The van der Waals surface area contributed by atoms with Crippen molar-refractivity contribution in [2.75, 3.05) is 46.9 Å². The van der Waals surface area contributed by atoms with Crippen molar-refractivity contribution in [2.45, 2.75) is 32.6 Å². The summed E-state index contributed by atoms with van der Waals surface area (Å²) in [6.45, 7) is 5.61. The monoisotopic (exact) mass is 298 g/mol. The van der Waals surface area contributed by atoms with Gasteiger partial charge < -0.3 is 20.3 Å². The number of carbonyl (C=O) groups is 1. The number of nitrogens with one attached hydrogen (secondary N) is 2. The minimum Gasteiger partial charge on any atom is -0.381 e. The normalized spacial score (nSPS) is 14.9. The molecule has 1 fully saturated rings. The van der Waals surface area contributed by atoms with Crippen molar-refractivity contribution >= 4 is 11.9 Å². The molecule has 0 aromatic rings. The maximum atomic E-state index is 11.5. The predicted octanol–water partition coefficient (Wildman–Crippen LogP) is 0.837. The van der Waals surface area contributed by atoms with Crippen molar-refractivity contribution < 1.29 is 9.53 Å². The smallest absolute Gasteiger partial charge is 0.243 e. The van der Waals surface area contributed by atoms with Crippen molar-refractivity contribution in [2.24, 2.45) is 10.9 Å². The van der Waals surface area contributed by atoms with Gasteiger partial charge in [0.15, 0.2) is 5.96 Å². The lowest BCUT2D eigenvalue weighted by Gasteiger charge is -2.13. The number of amides is 1. The van der Waals surface area contributed by atoms with Crippen LogP contribution < -0.4 is 10.6 Å². The fourth-order valence-electron chi connectivity index (χ4n) is 1.62. The number of likely N-dealkylation sites (N-methyl/N-ethyl adjacent to an activating group) is 1. The Morgan fingerprint density at radius 1 is 1.29 bits per heavy atom. The molecule has 6 heteroatoms. The van der Waals surface area contributed by atoms with Crippen molar-refractivity contribution in [3.05, 3.63) is 0 Å². The summed E-state index contributed by atoms with van der Waals surface area (Å²) in [5.41, 5.74) is 0. The van der Waals surface area contributed by atoms with E-state index in [1.54, 1.807) is 19.0 Å². The molecule has 0 unspecified atom stereocenters. The largest absolute Gasteiger partial charge is 0.381 e. The Morgan fingerprint density at radius 2 is 2.00 bits per heavy atom. The molecule has 0 heterocycles. The molecule has 0 aromatic carbocycles. The summed E-state index contributed by atoms with van der Waals surface area (Å²) in [4.78, 5) is 17.4. The molecule has 0 radical (unpaired) electrons. The highest BCUT2D eigenvalue weighted by atomic mass is 16.5. The SMILES string of the molecule is CCCNC(=NCC(=O)N(C)C)NCCCOCC1CC1. The Kier molecular flexibility index (Phi) is 8.82. The highest BCUT2D eigenvalue weighted by molar-refractivity contribution is 5.84. The Hall–Kier alpha value is -1.30. The molecule has 21 heavy (non-hydrogen) atoms. The first kappa shape index (κ1) is 17.8. The van der Waals surface area contributed by atoms with Crippen LogP contribution in [0.3, 0.4) is 0 Å². The third-order valence-corrected chi connectivity index (χ3v) is 3.22. The third kappa shape index (κ3) is 9.28. The first-order valence-electron chi connectivity index (χ1n) is 7.93. The number of ether oxygens (including phenoxy) is 1. The van der Waals surface area contributed by atoms with Gasteiger partial charge in [-0.1, -0.05) is 6.92 Å². The quantitative estimate of drug-likeness (QED) is 0.356. The molecular formula is C15H30N4O2. The highest BCUT2D eigenvalue weighted by Crippen LogP contribution is 2.28. The standard InChI is InChI=1S/C15H30N4O2/c1-4-8-16-15(18-11-14(20)19(2)3)17-9-5-10-21-12-13-6-7-13/h13H,4-12H2,1-3H3,(H2,16,17,18). The summed E-state index contributed by atoms with van der Waals surface area (Å²) in [6.07, 6.45) is 4.62. The number of hydrogen-bond donors (Lipinski definition) is 2. The lowest BCUT2D eigenvalue weighted by Crippen LogP contribution is -2.39. The number of rotatable bonds is 10. The Morgan fingerprint density at radius 3 is 2.62 bits per heavy atom. The van der Waals surface area contributed by atoms with Crippen LogP contribution in [0, 0.1) is 5.92 Å². The zero-order valence-electron chi connectivity index (χ0n) is 13.7. The zero-order chi connectivity index (χ0) is 15.5. The second-order valence-electron chi connectivity index (χ2n) is 5.68. The van der Waals surface area contributed by atoms with Gasteiger partial charge in [0.05, 0.1) is 0 Å². The van der Waals surface area contributed by atoms with Crippen molar-refractivity contribution in [3.63, 3.8) is 0 Å². The fourth-order valence-corrected chi connectivity index (χ4v) is 1.62. The molecule has 1 amide bonds. The van der Waals surface area contributed by atoms with Crippen LogP contribution in [0.25, 0.3) is 0 Å². The predicted molar refractivity (Wildman–Crippen MR) is 85.5 cm³/mol. The van der Waals surface area contributed by atoms with Crippen LogP contribution in [-0.4, -0.2) is 63.7 Å². The maximum absolute atomic E-state index is 11.5. The van der Waals surface area contributed by atoms with E-state index in [4.69, 9.17) is 4.74 Å². The number of carbonyl (C=O) groups excluding carboxylic acids is 1. The molecule has 0 aliphatic heterocycles. The summed E-state index contributed by atoms with van der Waals surface area (Å²) in [5.74, 6) is 1.52. The van der Waals surface area contributed by atoms with Crippen molar-refractivity contribution in [3.8, 4) is 0 Å². The van der Waals surface area contributed by atoms with Gasteiger partial charge in [-0.15, -0.1) is 0 Å². The summed E-state index contributed by atoms with van der Waals surface area (Å²) in [7, 11) is 3.48. The molecule has 122 valence electrons. The molecule has 1 saturated carbocycles. The van der Waals surface area contributed by atoms with Crippen LogP contribution in [-0.2, 0) is 9.53 Å². The highest BCUT2D eigenvalue weighted by Gasteiger charge is 2.20. The summed E-state index contributed by atoms with van der Waals surface area (Å²) in [6, 6.07) is 0. The van der Waals surface area contributed by atoms with Crippen LogP contribution in [0.15, 0.2) is 4.99 Å². The van der Waals surface area contributed by atoms with Crippen LogP contribution >= 0.6 is 0 Å². The van der Waals surface area contributed by atoms with E-state index < -0.39 is 0 Å². The number of nitrogens with zero attached hydrogens (tertiary/aromatic N) is 2. The average molecular weight is 298 g/mol. The van der Waals surface area contributed by atoms with Gasteiger partial charge >= 0.3 is 0 Å². The summed E-state index contributed by atoms with van der Waals surface area (Å²) in [5, 5.41) is 6.45. The average Bonchev–Trinajstić information content (AvgIpc) is 3.28. The molecule has 0 bridgehead atoms. The van der Waals surface area contributed by atoms with Crippen LogP contribution in [0.2, 0.25) is 0 Å². The lowest BCUT2D eigenvalue weighted by atomic mass is 10.4. The van der Waals surface area contributed by atoms with Crippen LogP contribution in [0.5, 0.6) is 0 Å². The van der Waals surface area contributed by atoms with E-state index in [0.29, 0.717) is 5.96 Å². The fraction of sp³-hybridized carbons (Fsp3) is 0.867. The van der Waals surface area contributed by atoms with E-state index >= 15 is 0 Å². The number of aliphatic imine (C=N–C) groups is 1. The molecular weight excluding hydrogens is 268 g/mol. The van der Waals surface area contributed by atoms with Gasteiger partial charge in [-0.25, -0.2) is 4.99 Å². The second-order valence-corrected chi connectivity index (χ2v) is 5.68. The van der Waals surface area contributed by atoms with Gasteiger partial charge in [-0.3, -0.25) is 4.79 Å². The maximum Gasteiger partial charge on any atom is 0.243 e. The van der Waals surface area contributed by atoms with Gasteiger partial charge in [0.1, 0.15) is 6.54 Å². The molecule has 1 rings (SSSR count). The Labute approximate surface area is 128 Å². The molecule has 1 aliphatic rings. The van der Waals surface area contributed by atoms with Gasteiger partial charge in [-0.2, -0.15) is 0 Å². The molecule has 0 saturated heterocycles. The molecule has 2 N–H and O–H groups in total. The molecule has 0 atom stereocenters. The van der Waals surface area contributed by atoms with Gasteiger partial charge in [-0.05, 0) is 31.6 Å². The minimum atomic E-state index is 0.000338. The first-order valence-corrected chi connectivity index (χ1v) is 7.93. The van der Waals surface area contributed by atoms with E-state index in [-0.39, 0.29) is 12.5 Å². The van der Waals surface area contributed by atoms with Gasteiger partial charge in [0.2, 0.25) is 5.91 Å².